The third-order valence-corrected chi connectivity index (χ3v) is 3.85. The van der Waals surface area contributed by atoms with E-state index in [9.17, 15) is 4.79 Å². The maximum Gasteiger partial charge on any atom is 0.352 e. The lowest BCUT2D eigenvalue weighted by atomic mass is 10.2. The van der Waals surface area contributed by atoms with Crippen LogP contribution in [0.15, 0.2) is 16.1 Å². The Morgan fingerprint density at radius 3 is 2.95 bits per heavy atom. The van der Waals surface area contributed by atoms with E-state index >= 15 is 0 Å². The Kier molecular flexibility index (Phi) is 4.26. The van der Waals surface area contributed by atoms with E-state index in [0.29, 0.717) is 13.0 Å². The van der Waals surface area contributed by atoms with Crippen molar-refractivity contribution in [1.82, 2.24) is 19.4 Å². The van der Waals surface area contributed by atoms with E-state index in [4.69, 9.17) is 9.84 Å². The van der Waals surface area contributed by atoms with Crippen LogP contribution < -0.4 is 5.69 Å². The molecular weight excluding hydrogens is 274 g/mol. The van der Waals surface area contributed by atoms with Gasteiger partial charge in [-0.2, -0.15) is 4.98 Å². The van der Waals surface area contributed by atoms with E-state index in [1.54, 1.807) is 6.34 Å². The van der Waals surface area contributed by atoms with Crippen molar-refractivity contribution >= 4 is 12.3 Å². The highest BCUT2D eigenvalue weighted by molar-refractivity contribution is 5.58. The van der Waals surface area contributed by atoms with Gasteiger partial charge in [0.15, 0.2) is 0 Å². The topological polar surface area (TPSA) is 92.8 Å². The predicted molar refractivity (Wildman–Crippen MR) is 75.7 cm³/mol. The molecule has 0 bridgehead atoms. The molecule has 0 unspecified atom stereocenters. The number of hydrogen-bond donors (Lipinski definition) is 1. The van der Waals surface area contributed by atoms with E-state index in [-0.39, 0.29) is 30.4 Å². The van der Waals surface area contributed by atoms with E-state index in [1.165, 1.54) is 23.7 Å². The summed E-state index contributed by atoms with van der Waals surface area (Å²) in [5.41, 5.74) is -0.384. The maximum atomic E-state index is 12.0. The largest absolute Gasteiger partial charge is 0.394 e. The van der Waals surface area contributed by atoms with Crippen molar-refractivity contribution in [3.05, 3.63) is 16.8 Å². The van der Waals surface area contributed by atoms with E-state index < -0.39 is 0 Å². The summed E-state index contributed by atoms with van der Waals surface area (Å²) in [6.07, 6.45) is 5.88. The molecule has 8 heteroatoms. The number of likely N-dealkylation sites (tertiary alicyclic amines) is 1. The van der Waals surface area contributed by atoms with Crippen molar-refractivity contribution in [3.63, 3.8) is 0 Å². The van der Waals surface area contributed by atoms with E-state index in [1.807, 2.05) is 0 Å². The molecule has 1 aromatic rings. The summed E-state index contributed by atoms with van der Waals surface area (Å²) in [7, 11) is 0. The van der Waals surface area contributed by atoms with Crippen LogP contribution in [0.25, 0.3) is 0 Å². The highest BCUT2D eigenvalue weighted by Gasteiger charge is 2.27. The average Bonchev–Trinajstić information content (AvgIpc) is 3.16. The van der Waals surface area contributed by atoms with Crippen molar-refractivity contribution in [2.24, 2.45) is 4.99 Å². The minimum Gasteiger partial charge on any atom is -0.394 e. The summed E-state index contributed by atoms with van der Waals surface area (Å²) in [6.45, 7) is 2.33. The number of hydrogen-bond acceptors (Lipinski definition) is 6. The Morgan fingerprint density at radius 2 is 2.29 bits per heavy atom. The molecule has 2 atom stereocenters. The number of nitrogens with zero attached hydrogens (tertiary/aromatic N) is 5. The first-order valence-corrected chi connectivity index (χ1v) is 7.22. The predicted octanol–water partition coefficient (Wildman–Crippen LogP) is -0.284. The smallest absolute Gasteiger partial charge is 0.352 e. The maximum absolute atomic E-state index is 12.0. The summed E-state index contributed by atoms with van der Waals surface area (Å²) in [4.78, 5) is 26.2. The lowest BCUT2D eigenvalue weighted by molar-refractivity contribution is 0.0574. The Labute approximate surface area is 122 Å². The highest BCUT2D eigenvalue weighted by Crippen LogP contribution is 2.22. The zero-order chi connectivity index (χ0) is 14.7. The van der Waals surface area contributed by atoms with Gasteiger partial charge in [-0.15, -0.1) is 0 Å². The molecule has 114 valence electrons. The molecule has 0 saturated carbocycles. The third-order valence-electron chi connectivity index (χ3n) is 3.85. The number of rotatable bonds is 4. The Hall–Kier alpha value is -1.80. The molecule has 0 radical (unpaired) electrons. The first kappa shape index (κ1) is 14.2. The van der Waals surface area contributed by atoms with Crippen LogP contribution in [0.5, 0.6) is 0 Å². The van der Waals surface area contributed by atoms with Crippen LogP contribution >= 0.6 is 0 Å². The molecule has 3 heterocycles. The van der Waals surface area contributed by atoms with Crippen LogP contribution in [-0.2, 0) is 4.74 Å². The molecule has 0 aromatic carbocycles. The molecule has 2 fully saturated rings. The van der Waals surface area contributed by atoms with Crippen LogP contribution in [0, 0.1) is 0 Å². The fourth-order valence-electron chi connectivity index (χ4n) is 2.65. The highest BCUT2D eigenvalue weighted by atomic mass is 16.5. The summed E-state index contributed by atoms with van der Waals surface area (Å²) in [6, 6.07) is -0.119. The number of aliphatic imine (C=N–C) groups is 1. The molecule has 2 aliphatic rings. The summed E-state index contributed by atoms with van der Waals surface area (Å²) in [5, 5.41) is 9.05. The second-order valence-electron chi connectivity index (χ2n) is 5.36. The van der Waals surface area contributed by atoms with Gasteiger partial charge in [-0.3, -0.25) is 4.57 Å². The third kappa shape index (κ3) is 3.27. The average molecular weight is 293 g/mol. The van der Waals surface area contributed by atoms with Crippen molar-refractivity contribution in [1.29, 1.82) is 0 Å². The van der Waals surface area contributed by atoms with Crippen molar-refractivity contribution in [3.8, 4) is 0 Å². The van der Waals surface area contributed by atoms with Gasteiger partial charge in [0, 0.05) is 13.1 Å². The van der Waals surface area contributed by atoms with Gasteiger partial charge in [0.2, 0.25) is 0 Å². The molecule has 2 saturated heterocycles. The summed E-state index contributed by atoms with van der Waals surface area (Å²) < 4.78 is 6.82. The fraction of sp³-hybridized carbons (Fsp3) is 0.692. The minimum atomic E-state index is -0.384. The van der Waals surface area contributed by atoms with Crippen molar-refractivity contribution in [2.45, 2.75) is 31.4 Å². The SMILES string of the molecule is O=c1nc(/N=C/N2CCCC2)ncn1[C@@H]1CO[C@H](CO)C1. The van der Waals surface area contributed by atoms with Crippen LogP contribution in [0.1, 0.15) is 25.3 Å². The molecule has 0 amide bonds. The zero-order valence-corrected chi connectivity index (χ0v) is 11.8. The van der Waals surface area contributed by atoms with E-state index in [0.717, 1.165) is 13.1 Å². The van der Waals surface area contributed by atoms with Gasteiger partial charge in [-0.1, -0.05) is 0 Å². The zero-order valence-electron chi connectivity index (χ0n) is 11.8. The second-order valence-corrected chi connectivity index (χ2v) is 5.36. The Balaban J connectivity index is 1.69. The van der Waals surface area contributed by atoms with Crippen LogP contribution in [-0.4, -0.2) is 63.3 Å². The molecule has 0 aliphatic carbocycles. The molecule has 3 rings (SSSR count). The normalized spacial score (nSPS) is 26.0. The summed E-state index contributed by atoms with van der Waals surface area (Å²) in [5.74, 6) is 0.181. The van der Waals surface area contributed by atoms with Gasteiger partial charge >= 0.3 is 5.69 Å². The van der Waals surface area contributed by atoms with Crippen molar-refractivity contribution < 1.29 is 9.84 Å². The van der Waals surface area contributed by atoms with Gasteiger partial charge in [-0.05, 0) is 19.3 Å². The van der Waals surface area contributed by atoms with Crippen molar-refractivity contribution in [2.75, 3.05) is 26.3 Å². The van der Waals surface area contributed by atoms with Gasteiger partial charge in [0.25, 0.3) is 5.95 Å². The number of ether oxygens (including phenoxy) is 1. The lowest BCUT2D eigenvalue weighted by Gasteiger charge is -2.11. The fourth-order valence-corrected chi connectivity index (χ4v) is 2.65. The van der Waals surface area contributed by atoms with Crippen LogP contribution in [0.3, 0.4) is 0 Å². The minimum absolute atomic E-state index is 0.0374. The van der Waals surface area contributed by atoms with Crippen LogP contribution in [0.2, 0.25) is 0 Å². The molecule has 2 aliphatic heterocycles. The second kappa shape index (κ2) is 6.31. The summed E-state index contributed by atoms with van der Waals surface area (Å²) >= 11 is 0. The number of aliphatic hydroxyl groups excluding tert-OH is 1. The van der Waals surface area contributed by atoms with E-state index in [2.05, 4.69) is 19.9 Å². The number of aliphatic hydroxyl groups is 1. The first-order chi connectivity index (χ1) is 10.3. The Bertz CT molecular complexity index is 567. The van der Waals surface area contributed by atoms with Gasteiger partial charge < -0.3 is 14.7 Å². The van der Waals surface area contributed by atoms with Crippen LogP contribution in [0.4, 0.5) is 5.95 Å². The molecule has 8 nitrogen and oxygen atoms in total. The monoisotopic (exact) mass is 293 g/mol. The standard InChI is InChI=1S/C13H19N5O3/c19-6-11-5-10(7-21-11)18-9-15-12(16-13(18)20)14-8-17-3-1-2-4-17/h8-11,19H,1-7H2/b14-8+/t10-,11-/m0/s1. The number of aromatic nitrogens is 3. The Morgan fingerprint density at radius 1 is 1.48 bits per heavy atom. The quantitative estimate of drug-likeness (QED) is 0.606. The molecule has 1 aromatic heterocycles. The molecule has 1 N–H and O–H groups in total. The van der Waals surface area contributed by atoms with Gasteiger partial charge in [0.1, 0.15) is 6.33 Å². The van der Waals surface area contributed by atoms with Gasteiger partial charge in [-0.25, -0.2) is 14.8 Å². The molecule has 0 spiro atoms. The van der Waals surface area contributed by atoms with Gasteiger partial charge in [0.05, 0.1) is 31.7 Å². The first-order valence-electron chi connectivity index (χ1n) is 7.22. The molecule has 21 heavy (non-hydrogen) atoms. The molecular formula is C13H19N5O3. The lowest BCUT2D eigenvalue weighted by Crippen LogP contribution is -2.27.